The molecule has 38 heavy (non-hydrogen) atoms. The maximum Gasteiger partial charge on any atom is 0.207 e. The van der Waals surface area contributed by atoms with E-state index in [4.69, 9.17) is 10.7 Å². The molecule has 0 amide bonds. The van der Waals surface area contributed by atoms with Crippen LogP contribution in [0.3, 0.4) is 0 Å². The number of phenols is 1. The Hall–Kier alpha value is -5.24. The summed E-state index contributed by atoms with van der Waals surface area (Å²) in [7, 11) is 0. The third kappa shape index (κ3) is 4.62. The van der Waals surface area contributed by atoms with Crippen LogP contribution in [0, 0.1) is 11.8 Å². The second-order valence-corrected chi connectivity index (χ2v) is 8.78. The monoisotopic (exact) mass is 504 g/mol. The molecule has 3 N–H and O–H groups in total. The molecule has 1 aliphatic heterocycles. The van der Waals surface area contributed by atoms with Crippen molar-refractivity contribution in [2.24, 2.45) is 0 Å². The van der Waals surface area contributed by atoms with Gasteiger partial charge in [-0.1, -0.05) is 12.1 Å². The maximum absolute atomic E-state index is 10.3. The number of nitrogen functional groups attached to an aromatic ring is 1. The van der Waals surface area contributed by atoms with Crippen molar-refractivity contribution < 1.29 is 5.11 Å². The fourth-order valence-electron chi connectivity index (χ4n) is 4.49. The van der Waals surface area contributed by atoms with Crippen LogP contribution in [0.25, 0.3) is 16.9 Å². The van der Waals surface area contributed by atoms with Gasteiger partial charge in [-0.2, -0.15) is 0 Å². The van der Waals surface area contributed by atoms with E-state index in [1.807, 2.05) is 34.9 Å². The normalized spacial score (nSPS) is 13.7. The highest BCUT2D eigenvalue weighted by atomic mass is 16.3. The molecule has 1 aromatic carbocycles. The summed E-state index contributed by atoms with van der Waals surface area (Å²) in [6, 6.07) is 10.9. The van der Waals surface area contributed by atoms with Crippen LogP contribution in [0.5, 0.6) is 5.75 Å². The molecule has 5 heterocycles. The first-order valence-corrected chi connectivity index (χ1v) is 12.2. The quantitative estimate of drug-likeness (QED) is 0.353. The molecule has 1 aliphatic rings. The summed E-state index contributed by atoms with van der Waals surface area (Å²) in [5.74, 6) is 7.96. The van der Waals surface area contributed by atoms with Crippen molar-refractivity contribution in [2.45, 2.75) is 6.42 Å². The van der Waals surface area contributed by atoms with Crippen LogP contribution in [0.2, 0.25) is 0 Å². The molecule has 0 atom stereocenters. The van der Waals surface area contributed by atoms with Crippen molar-refractivity contribution in [2.75, 3.05) is 41.7 Å². The summed E-state index contributed by atoms with van der Waals surface area (Å²) in [6.45, 7) is 3.08. The van der Waals surface area contributed by atoms with E-state index in [-0.39, 0.29) is 5.75 Å². The molecular formula is C27H24N10O. The highest BCUT2D eigenvalue weighted by molar-refractivity contribution is 5.74. The number of hydrogen-bond acceptors (Lipinski definition) is 10. The number of fused-ring (bicyclic) bond motifs is 1. The molecule has 1 saturated heterocycles. The Morgan fingerprint density at radius 3 is 2.68 bits per heavy atom. The number of phenolic OH excluding ortho intramolecular Hbond substituents is 1. The van der Waals surface area contributed by atoms with Crippen LogP contribution in [0.15, 0.2) is 67.4 Å². The lowest BCUT2D eigenvalue weighted by atomic mass is 10.1. The van der Waals surface area contributed by atoms with Gasteiger partial charge in [-0.15, -0.1) is 10.2 Å². The Morgan fingerprint density at radius 1 is 0.895 bits per heavy atom. The molecule has 0 unspecified atom stereocenters. The summed E-state index contributed by atoms with van der Waals surface area (Å²) < 4.78 is 1.87. The Kier molecular flexibility index (Phi) is 6.11. The number of benzene rings is 1. The number of anilines is 3. The zero-order chi connectivity index (χ0) is 25.9. The Bertz CT molecular complexity index is 1670. The van der Waals surface area contributed by atoms with Crippen molar-refractivity contribution >= 4 is 23.0 Å². The van der Waals surface area contributed by atoms with E-state index in [0.717, 1.165) is 55.4 Å². The van der Waals surface area contributed by atoms with Gasteiger partial charge in [0.05, 0.1) is 23.8 Å². The van der Waals surface area contributed by atoms with Crippen molar-refractivity contribution in [3.63, 3.8) is 0 Å². The number of aromatic nitrogens is 7. The first kappa shape index (κ1) is 23.2. The third-order valence-corrected chi connectivity index (χ3v) is 6.40. The Morgan fingerprint density at radius 2 is 1.76 bits per heavy atom. The van der Waals surface area contributed by atoms with Crippen LogP contribution < -0.4 is 15.5 Å². The molecule has 0 spiro atoms. The molecule has 11 heteroatoms. The zero-order valence-corrected chi connectivity index (χ0v) is 20.4. The second kappa shape index (κ2) is 10.0. The summed E-state index contributed by atoms with van der Waals surface area (Å²) in [5, 5.41) is 18.6. The van der Waals surface area contributed by atoms with Crippen LogP contribution in [-0.2, 0) is 0 Å². The van der Waals surface area contributed by atoms with Crippen molar-refractivity contribution in [3.8, 4) is 28.8 Å². The number of imidazole rings is 1. The van der Waals surface area contributed by atoms with Gasteiger partial charge in [-0.05, 0) is 42.5 Å². The van der Waals surface area contributed by atoms with E-state index in [9.17, 15) is 5.11 Å². The predicted molar refractivity (Wildman–Crippen MR) is 144 cm³/mol. The summed E-state index contributed by atoms with van der Waals surface area (Å²) >= 11 is 0. The number of rotatable bonds is 3. The second-order valence-electron chi connectivity index (χ2n) is 8.78. The van der Waals surface area contributed by atoms with Gasteiger partial charge in [0.1, 0.15) is 17.3 Å². The van der Waals surface area contributed by atoms with E-state index >= 15 is 0 Å². The Balaban J connectivity index is 1.20. The molecule has 5 aromatic rings. The topological polar surface area (TPSA) is 134 Å². The van der Waals surface area contributed by atoms with Gasteiger partial charge in [0.15, 0.2) is 11.5 Å². The molecule has 4 aromatic heterocycles. The lowest BCUT2D eigenvalue weighted by molar-refractivity contribution is 0.477. The number of nitrogens with zero attached hydrogens (tertiary/aromatic N) is 9. The van der Waals surface area contributed by atoms with Crippen molar-refractivity contribution in [3.05, 3.63) is 78.9 Å². The minimum absolute atomic E-state index is 0.153. The molecule has 0 saturated carbocycles. The molecule has 1 fully saturated rings. The SMILES string of the molecule is Nc1nnc(-c2ccccc2O)cc1N1CCCN(c2ccnc(C#Cc3cnc4cnccn34)n2)CC1. The minimum atomic E-state index is 0.153. The largest absolute Gasteiger partial charge is 0.507 e. The Labute approximate surface area is 218 Å². The lowest BCUT2D eigenvalue weighted by Crippen LogP contribution is -2.31. The van der Waals surface area contributed by atoms with Crippen molar-refractivity contribution in [1.82, 2.24) is 34.5 Å². The van der Waals surface area contributed by atoms with Gasteiger partial charge in [-0.25, -0.2) is 15.0 Å². The van der Waals surface area contributed by atoms with Crippen LogP contribution in [-0.4, -0.2) is 65.8 Å². The van der Waals surface area contributed by atoms with E-state index < -0.39 is 0 Å². The minimum Gasteiger partial charge on any atom is -0.507 e. The summed E-state index contributed by atoms with van der Waals surface area (Å²) in [5.41, 5.74) is 9.70. The smallest absolute Gasteiger partial charge is 0.207 e. The highest BCUT2D eigenvalue weighted by Gasteiger charge is 2.20. The maximum atomic E-state index is 10.3. The van der Waals surface area contributed by atoms with E-state index in [0.29, 0.717) is 22.9 Å². The first-order chi connectivity index (χ1) is 18.7. The van der Waals surface area contributed by atoms with Crippen LogP contribution in [0.4, 0.5) is 17.3 Å². The molecular weight excluding hydrogens is 480 g/mol. The molecule has 6 rings (SSSR count). The average Bonchev–Trinajstić information content (AvgIpc) is 3.20. The van der Waals surface area contributed by atoms with Gasteiger partial charge in [-0.3, -0.25) is 9.38 Å². The van der Waals surface area contributed by atoms with Crippen LogP contribution >= 0.6 is 0 Å². The summed E-state index contributed by atoms with van der Waals surface area (Å²) in [6.07, 6.45) is 9.55. The van der Waals surface area contributed by atoms with E-state index in [2.05, 4.69) is 46.8 Å². The van der Waals surface area contributed by atoms with Gasteiger partial charge in [0, 0.05) is 50.3 Å². The van der Waals surface area contributed by atoms with E-state index in [1.54, 1.807) is 36.9 Å². The highest BCUT2D eigenvalue weighted by Crippen LogP contribution is 2.31. The molecule has 188 valence electrons. The molecule has 0 radical (unpaired) electrons. The third-order valence-electron chi connectivity index (χ3n) is 6.40. The number of para-hydroxylation sites is 1. The van der Waals surface area contributed by atoms with E-state index in [1.165, 1.54) is 0 Å². The standard InChI is InChI=1S/C27H24N10O/c28-27-22(16-21(33-34-27)20-4-1-2-5-23(20)38)35-11-3-12-36(15-14-35)25-8-9-30-24(32-25)7-6-19-17-31-26-18-29-10-13-37(19)26/h1-2,4-5,8-10,13,16-18,38H,3,11-12,14-15H2,(H2,28,34). The molecule has 11 nitrogen and oxygen atoms in total. The molecule has 0 aliphatic carbocycles. The average molecular weight is 505 g/mol. The fourth-order valence-corrected chi connectivity index (χ4v) is 4.49. The fraction of sp³-hybridized carbons (Fsp3) is 0.185. The first-order valence-electron chi connectivity index (χ1n) is 12.2. The number of aromatic hydroxyl groups is 1. The van der Waals surface area contributed by atoms with Gasteiger partial charge < -0.3 is 20.6 Å². The van der Waals surface area contributed by atoms with Crippen LogP contribution in [0.1, 0.15) is 17.9 Å². The number of nitrogens with two attached hydrogens (primary N) is 1. The number of hydrogen-bond donors (Lipinski definition) is 2. The molecule has 0 bridgehead atoms. The zero-order valence-electron chi connectivity index (χ0n) is 20.4. The summed E-state index contributed by atoms with van der Waals surface area (Å²) in [4.78, 5) is 21.9. The lowest BCUT2D eigenvalue weighted by Gasteiger charge is -2.25. The van der Waals surface area contributed by atoms with Gasteiger partial charge in [0.25, 0.3) is 0 Å². The van der Waals surface area contributed by atoms with Gasteiger partial charge >= 0.3 is 0 Å². The predicted octanol–water partition coefficient (Wildman–Crippen LogP) is 2.38. The van der Waals surface area contributed by atoms with Crippen molar-refractivity contribution in [1.29, 1.82) is 0 Å². The van der Waals surface area contributed by atoms with Gasteiger partial charge in [0.2, 0.25) is 5.82 Å².